The van der Waals surface area contributed by atoms with Gasteiger partial charge in [-0.2, -0.15) is 4.31 Å². The highest BCUT2D eigenvalue weighted by atomic mass is 32.2. The van der Waals surface area contributed by atoms with Crippen molar-refractivity contribution in [3.63, 3.8) is 0 Å². The molecule has 1 aliphatic heterocycles. The lowest BCUT2D eigenvalue weighted by atomic mass is 10.2. The summed E-state index contributed by atoms with van der Waals surface area (Å²) in [5.74, 6) is -0.367. The van der Waals surface area contributed by atoms with Crippen LogP contribution in [0.2, 0.25) is 0 Å². The molecule has 0 unspecified atom stereocenters. The molecule has 0 saturated carbocycles. The van der Waals surface area contributed by atoms with E-state index in [0.29, 0.717) is 12.4 Å². The lowest BCUT2D eigenvalue weighted by Gasteiger charge is -2.23. The molecular weight excluding hydrogens is 399 g/mol. The van der Waals surface area contributed by atoms with E-state index in [1.54, 1.807) is 12.1 Å². The van der Waals surface area contributed by atoms with Gasteiger partial charge in [-0.15, -0.1) is 0 Å². The van der Waals surface area contributed by atoms with E-state index in [1.807, 2.05) is 18.2 Å². The summed E-state index contributed by atoms with van der Waals surface area (Å²) < 4.78 is 51.4. The molecule has 1 saturated heterocycles. The summed E-state index contributed by atoms with van der Waals surface area (Å²) in [6.45, 7) is 0.588. The first kappa shape index (κ1) is 21.2. The van der Waals surface area contributed by atoms with Crippen molar-refractivity contribution in [2.24, 2.45) is 0 Å². The summed E-state index contributed by atoms with van der Waals surface area (Å²) in [6.07, 6.45) is -0.292. The van der Waals surface area contributed by atoms with Gasteiger partial charge in [-0.25, -0.2) is 12.8 Å². The van der Waals surface area contributed by atoms with Crippen LogP contribution in [-0.2, 0) is 19.6 Å². The molecule has 0 aliphatic carbocycles. The van der Waals surface area contributed by atoms with Crippen molar-refractivity contribution in [2.45, 2.75) is 23.5 Å². The van der Waals surface area contributed by atoms with Crippen LogP contribution in [0.1, 0.15) is 6.42 Å². The van der Waals surface area contributed by atoms with Crippen molar-refractivity contribution < 1.29 is 27.1 Å². The Hall–Kier alpha value is -2.49. The number of halogens is 1. The minimum atomic E-state index is -4.01. The summed E-state index contributed by atoms with van der Waals surface area (Å²) >= 11 is 0. The third-order valence-corrected chi connectivity index (χ3v) is 6.48. The second-order valence-electron chi connectivity index (χ2n) is 6.62. The van der Waals surface area contributed by atoms with Crippen LogP contribution in [0.25, 0.3) is 0 Å². The molecule has 0 radical (unpaired) electrons. The van der Waals surface area contributed by atoms with Crippen molar-refractivity contribution in [3.05, 3.63) is 60.4 Å². The minimum absolute atomic E-state index is 0.0109. The number of benzene rings is 2. The number of ether oxygens (including phenoxy) is 2. The third kappa shape index (κ3) is 5.11. The van der Waals surface area contributed by atoms with Crippen LogP contribution in [-0.4, -0.2) is 57.6 Å². The number of rotatable bonds is 8. The van der Waals surface area contributed by atoms with Gasteiger partial charge >= 0.3 is 0 Å². The van der Waals surface area contributed by atoms with Gasteiger partial charge in [0, 0.05) is 20.1 Å². The van der Waals surface area contributed by atoms with E-state index >= 15 is 0 Å². The molecule has 2 aromatic rings. The molecule has 156 valence electrons. The smallest absolute Gasteiger partial charge is 0.243 e. The van der Waals surface area contributed by atoms with E-state index in [-0.39, 0.29) is 24.4 Å². The van der Waals surface area contributed by atoms with Gasteiger partial charge in [0.25, 0.3) is 0 Å². The lowest BCUT2D eigenvalue weighted by molar-refractivity contribution is -0.124. The summed E-state index contributed by atoms with van der Waals surface area (Å²) in [5, 5.41) is 2.69. The van der Waals surface area contributed by atoms with Crippen molar-refractivity contribution >= 4 is 15.9 Å². The molecule has 29 heavy (non-hydrogen) atoms. The number of amides is 1. The maximum absolute atomic E-state index is 13.2. The Morgan fingerprint density at radius 1 is 1.17 bits per heavy atom. The van der Waals surface area contributed by atoms with Gasteiger partial charge in [-0.05, 0) is 36.4 Å². The number of nitrogens with one attached hydrogen (secondary N) is 1. The number of para-hydroxylation sites is 1. The van der Waals surface area contributed by atoms with Crippen molar-refractivity contribution in [2.75, 3.05) is 26.8 Å². The highest BCUT2D eigenvalue weighted by molar-refractivity contribution is 7.89. The Labute approximate surface area is 169 Å². The van der Waals surface area contributed by atoms with Gasteiger partial charge in [-0.3, -0.25) is 4.79 Å². The molecule has 1 aliphatic rings. The standard InChI is InChI=1S/C20H23FN2O5S/c1-27-12-11-22-20(24)19-13-17(28-16-5-3-2-4-6-16)14-23(19)29(25,26)18-9-7-15(21)8-10-18/h2-10,17,19H,11-14H2,1H3,(H,22,24)/t17-,19+/m0/s1. The minimum Gasteiger partial charge on any atom is -0.489 e. The number of carbonyl (C=O) groups is 1. The van der Waals surface area contributed by atoms with Crippen LogP contribution in [0.5, 0.6) is 5.75 Å². The van der Waals surface area contributed by atoms with E-state index in [1.165, 1.54) is 19.2 Å². The first-order valence-electron chi connectivity index (χ1n) is 9.17. The van der Waals surface area contributed by atoms with Crippen LogP contribution < -0.4 is 10.1 Å². The molecule has 0 spiro atoms. The number of methoxy groups -OCH3 is 1. The first-order valence-corrected chi connectivity index (χ1v) is 10.6. The average molecular weight is 422 g/mol. The average Bonchev–Trinajstić information content (AvgIpc) is 3.14. The Morgan fingerprint density at radius 2 is 1.86 bits per heavy atom. The second kappa shape index (κ2) is 9.34. The molecule has 0 bridgehead atoms. The number of nitrogens with zero attached hydrogens (tertiary/aromatic N) is 1. The van der Waals surface area contributed by atoms with E-state index in [0.717, 1.165) is 16.4 Å². The molecule has 0 aromatic heterocycles. The molecule has 2 atom stereocenters. The molecule has 2 aromatic carbocycles. The summed E-state index contributed by atoms with van der Waals surface area (Å²) in [7, 11) is -2.50. The fraction of sp³-hybridized carbons (Fsp3) is 0.350. The van der Waals surface area contributed by atoms with Crippen LogP contribution in [0.4, 0.5) is 4.39 Å². The summed E-state index contributed by atoms with van der Waals surface area (Å²) in [4.78, 5) is 12.6. The summed E-state index contributed by atoms with van der Waals surface area (Å²) in [6, 6.07) is 12.6. The highest BCUT2D eigenvalue weighted by Crippen LogP contribution is 2.29. The van der Waals surface area contributed by atoms with Crippen LogP contribution in [0.15, 0.2) is 59.5 Å². The number of hydrogen-bond donors (Lipinski definition) is 1. The predicted octanol–water partition coefficient (Wildman–Crippen LogP) is 1.80. The molecule has 9 heteroatoms. The van der Waals surface area contributed by atoms with Crippen molar-refractivity contribution in [3.8, 4) is 5.75 Å². The molecule has 1 amide bonds. The zero-order chi connectivity index (χ0) is 20.9. The SMILES string of the molecule is COCCNC(=O)[C@H]1C[C@H](Oc2ccccc2)CN1S(=O)(=O)c1ccc(F)cc1. The topological polar surface area (TPSA) is 84.9 Å². The molecule has 1 fully saturated rings. The Bertz CT molecular complexity index is 922. The Morgan fingerprint density at radius 3 is 2.52 bits per heavy atom. The van der Waals surface area contributed by atoms with Crippen LogP contribution in [0, 0.1) is 5.82 Å². The molecule has 3 rings (SSSR count). The molecule has 1 N–H and O–H groups in total. The predicted molar refractivity (Wildman–Crippen MR) is 104 cm³/mol. The highest BCUT2D eigenvalue weighted by Gasteiger charge is 2.44. The van der Waals surface area contributed by atoms with Crippen LogP contribution in [0.3, 0.4) is 0 Å². The van der Waals surface area contributed by atoms with Gasteiger partial charge in [0.05, 0.1) is 18.0 Å². The van der Waals surface area contributed by atoms with Gasteiger partial charge in [-0.1, -0.05) is 18.2 Å². The van der Waals surface area contributed by atoms with E-state index in [2.05, 4.69) is 5.32 Å². The van der Waals surface area contributed by atoms with Gasteiger partial charge < -0.3 is 14.8 Å². The third-order valence-electron chi connectivity index (χ3n) is 4.59. The van der Waals surface area contributed by atoms with Crippen LogP contribution >= 0.6 is 0 Å². The maximum Gasteiger partial charge on any atom is 0.243 e. The monoisotopic (exact) mass is 422 g/mol. The van der Waals surface area contributed by atoms with Gasteiger partial charge in [0.15, 0.2) is 0 Å². The lowest BCUT2D eigenvalue weighted by Crippen LogP contribution is -2.46. The number of sulfonamides is 1. The molecule has 1 heterocycles. The normalized spacial score (nSPS) is 19.8. The van der Waals surface area contributed by atoms with E-state index < -0.39 is 33.9 Å². The quantitative estimate of drug-likeness (QED) is 0.656. The van der Waals surface area contributed by atoms with E-state index in [4.69, 9.17) is 9.47 Å². The fourth-order valence-corrected chi connectivity index (χ4v) is 4.82. The van der Waals surface area contributed by atoms with Crippen molar-refractivity contribution in [1.82, 2.24) is 9.62 Å². The number of carbonyl (C=O) groups excluding carboxylic acids is 1. The Balaban J connectivity index is 1.83. The van der Waals surface area contributed by atoms with Gasteiger partial charge in [0.2, 0.25) is 15.9 Å². The molecule has 7 nitrogen and oxygen atoms in total. The maximum atomic E-state index is 13.2. The zero-order valence-electron chi connectivity index (χ0n) is 16.0. The number of hydrogen-bond acceptors (Lipinski definition) is 5. The largest absolute Gasteiger partial charge is 0.489 e. The first-order chi connectivity index (χ1) is 13.9. The summed E-state index contributed by atoms with van der Waals surface area (Å²) in [5.41, 5.74) is 0. The second-order valence-corrected chi connectivity index (χ2v) is 8.51. The fourth-order valence-electron chi connectivity index (χ4n) is 3.19. The van der Waals surface area contributed by atoms with Gasteiger partial charge in [0.1, 0.15) is 23.7 Å². The molecular formula is C20H23FN2O5S. The zero-order valence-corrected chi connectivity index (χ0v) is 16.8. The van der Waals surface area contributed by atoms with E-state index in [9.17, 15) is 17.6 Å². The van der Waals surface area contributed by atoms with Crippen molar-refractivity contribution in [1.29, 1.82) is 0 Å². The Kier molecular flexibility index (Phi) is 6.83.